The largest absolute Gasteiger partial charge is 0.493 e. The Labute approximate surface area is 119 Å². The number of hydrogen-bond donors (Lipinski definition) is 1. The summed E-state index contributed by atoms with van der Waals surface area (Å²) in [7, 11) is 3.22. The van der Waals surface area contributed by atoms with Crippen LogP contribution < -0.4 is 19.9 Å². The minimum Gasteiger partial charge on any atom is -0.493 e. The monoisotopic (exact) mass is 273 g/mol. The van der Waals surface area contributed by atoms with E-state index in [2.05, 4.69) is 0 Å². The summed E-state index contributed by atoms with van der Waals surface area (Å²) in [4.78, 5) is 0. The predicted octanol–water partition coefficient (Wildman–Crippen LogP) is 2.74. The SMILES string of the molecule is COc1cccc(OC)c1OCc1cccc(CN)c1. The fourth-order valence-corrected chi connectivity index (χ4v) is 1.96. The Bertz CT molecular complexity index is 547. The Kier molecular flexibility index (Phi) is 4.85. The first-order valence-electron chi connectivity index (χ1n) is 6.40. The van der Waals surface area contributed by atoms with E-state index in [1.807, 2.05) is 42.5 Å². The van der Waals surface area contributed by atoms with Gasteiger partial charge in [-0.2, -0.15) is 0 Å². The molecule has 0 atom stereocenters. The summed E-state index contributed by atoms with van der Waals surface area (Å²) >= 11 is 0. The van der Waals surface area contributed by atoms with Crippen molar-refractivity contribution in [2.45, 2.75) is 13.2 Å². The molecule has 0 saturated carbocycles. The molecule has 2 N–H and O–H groups in total. The fraction of sp³-hybridized carbons (Fsp3) is 0.250. The highest BCUT2D eigenvalue weighted by molar-refractivity contribution is 5.51. The lowest BCUT2D eigenvalue weighted by molar-refractivity contribution is 0.266. The lowest BCUT2D eigenvalue weighted by Gasteiger charge is -2.14. The highest BCUT2D eigenvalue weighted by Crippen LogP contribution is 2.37. The second-order valence-corrected chi connectivity index (χ2v) is 4.30. The molecule has 0 radical (unpaired) electrons. The zero-order valence-electron chi connectivity index (χ0n) is 11.8. The van der Waals surface area contributed by atoms with Gasteiger partial charge in [-0.25, -0.2) is 0 Å². The molecule has 0 aliphatic carbocycles. The van der Waals surface area contributed by atoms with Crippen LogP contribution in [0.3, 0.4) is 0 Å². The Morgan fingerprint density at radius 1 is 0.900 bits per heavy atom. The third kappa shape index (κ3) is 3.22. The van der Waals surface area contributed by atoms with Gasteiger partial charge in [0.2, 0.25) is 5.75 Å². The number of methoxy groups -OCH3 is 2. The summed E-state index contributed by atoms with van der Waals surface area (Å²) in [6.07, 6.45) is 0. The second-order valence-electron chi connectivity index (χ2n) is 4.30. The molecule has 0 bridgehead atoms. The summed E-state index contributed by atoms with van der Waals surface area (Å²) in [5.41, 5.74) is 7.77. The third-order valence-electron chi connectivity index (χ3n) is 2.99. The molecule has 2 aromatic rings. The molecule has 0 aromatic heterocycles. The second kappa shape index (κ2) is 6.82. The van der Waals surface area contributed by atoms with Crippen LogP contribution in [0.2, 0.25) is 0 Å². The lowest BCUT2D eigenvalue weighted by Crippen LogP contribution is -2.02. The number of para-hydroxylation sites is 1. The third-order valence-corrected chi connectivity index (χ3v) is 2.99. The van der Waals surface area contributed by atoms with E-state index >= 15 is 0 Å². The standard InChI is InChI=1S/C16H19NO3/c1-18-14-7-4-8-15(19-2)16(14)20-11-13-6-3-5-12(9-13)10-17/h3-9H,10-11,17H2,1-2H3. The van der Waals surface area contributed by atoms with Gasteiger partial charge in [-0.1, -0.05) is 30.3 Å². The van der Waals surface area contributed by atoms with Crippen LogP contribution in [-0.2, 0) is 13.2 Å². The molecule has 0 amide bonds. The van der Waals surface area contributed by atoms with Gasteiger partial charge in [-0.05, 0) is 23.3 Å². The van der Waals surface area contributed by atoms with Crippen molar-refractivity contribution in [1.29, 1.82) is 0 Å². The molecule has 0 unspecified atom stereocenters. The first kappa shape index (κ1) is 14.2. The lowest BCUT2D eigenvalue weighted by atomic mass is 10.1. The maximum atomic E-state index is 5.84. The predicted molar refractivity (Wildman–Crippen MR) is 78.2 cm³/mol. The van der Waals surface area contributed by atoms with Gasteiger partial charge in [-0.3, -0.25) is 0 Å². The Hall–Kier alpha value is -2.20. The van der Waals surface area contributed by atoms with Crippen LogP contribution >= 0.6 is 0 Å². The van der Waals surface area contributed by atoms with Gasteiger partial charge in [0.1, 0.15) is 6.61 Å². The maximum absolute atomic E-state index is 5.84. The summed E-state index contributed by atoms with van der Waals surface area (Å²) in [5.74, 6) is 1.91. The van der Waals surface area contributed by atoms with Crippen molar-refractivity contribution in [3.05, 3.63) is 53.6 Å². The van der Waals surface area contributed by atoms with Crippen LogP contribution in [0.4, 0.5) is 0 Å². The van der Waals surface area contributed by atoms with Gasteiger partial charge in [0.15, 0.2) is 11.5 Å². The number of ether oxygens (including phenoxy) is 3. The molecule has 0 saturated heterocycles. The van der Waals surface area contributed by atoms with E-state index in [0.717, 1.165) is 11.1 Å². The van der Waals surface area contributed by atoms with Crippen LogP contribution in [0, 0.1) is 0 Å². The van der Waals surface area contributed by atoms with Crippen LogP contribution in [0.25, 0.3) is 0 Å². The molecule has 2 rings (SSSR count). The van der Waals surface area contributed by atoms with E-state index in [1.165, 1.54) is 0 Å². The van der Waals surface area contributed by atoms with Crippen molar-refractivity contribution in [2.75, 3.05) is 14.2 Å². The molecule has 0 spiro atoms. The molecular formula is C16H19NO3. The van der Waals surface area contributed by atoms with Crippen molar-refractivity contribution in [1.82, 2.24) is 0 Å². The summed E-state index contributed by atoms with van der Waals surface area (Å²) < 4.78 is 16.4. The van der Waals surface area contributed by atoms with Gasteiger partial charge in [-0.15, -0.1) is 0 Å². The molecule has 20 heavy (non-hydrogen) atoms. The summed E-state index contributed by atoms with van der Waals surface area (Å²) in [6, 6.07) is 13.5. The van der Waals surface area contributed by atoms with E-state index in [0.29, 0.717) is 30.4 Å². The maximum Gasteiger partial charge on any atom is 0.203 e. The molecule has 106 valence electrons. The topological polar surface area (TPSA) is 53.7 Å². The van der Waals surface area contributed by atoms with Crippen molar-refractivity contribution in [3.8, 4) is 17.2 Å². The van der Waals surface area contributed by atoms with Crippen LogP contribution in [0.5, 0.6) is 17.2 Å². The minimum absolute atomic E-state index is 0.435. The van der Waals surface area contributed by atoms with Crippen LogP contribution in [0.15, 0.2) is 42.5 Å². The Balaban J connectivity index is 2.17. The molecule has 4 nitrogen and oxygen atoms in total. The zero-order chi connectivity index (χ0) is 14.4. The van der Waals surface area contributed by atoms with E-state index in [4.69, 9.17) is 19.9 Å². The normalized spacial score (nSPS) is 10.2. The van der Waals surface area contributed by atoms with Gasteiger partial charge in [0, 0.05) is 6.54 Å². The molecule has 0 heterocycles. The summed E-state index contributed by atoms with van der Waals surface area (Å²) in [6.45, 7) is 0.955. The highest BCUT2D eigenvalue weighted by atomic mass is 16.5. The van der Waals surface area contributed by atoms with Crippen LogP contribution in [-0.4, -0.2) is 14.2 Å². The molecule has 0 aliphatic rings. The number of rotatable bonds is 6. The molecule has 2 aromatic carbocycles. The molecular weight excluding hydrogens is 254 g/mol. The van der Waals surface area contributed by atoms with Gasteiger partial charge < -0.3 is 19.9 Å². The average molecular weight is 273 g/mol. The zero-order valence-corrected chi connectivity index (χ0v) is 11.8. The van der Waals surface area contributed by atoms with Crippen molar-refractivity contribution < 1.29 is 14.2 Å². The smallest absolute Gasteiger partial charge is 0.203 e. The summed E-state index contributed by atoms with van der Waals surface area (Å²) in [5, 5.41) is 0. The Morgan fingerprint density at radius 3 is 2.10 bits per heavy atom. The quantitative estimate of drug-likeness (QED) is 0.879. The first-order valence-corrected chi connectivity index (χ1v) is 6.40. The van der Waals surface area contributed by atoms with E-state index in [-0.39, 0.29) is 0 Å². The molecule has 0 fully saturated rings. The fourth-order valence-electron chi connectivity index (χ4n) is 1.96. The van der Waals surface area contributed by atoms with Gasteiger partial charge >= 0.3 is 0 Å². The van der Waals surface area contributed by atoms with Crippen molar-refractivity contribution in [3.63, 3.8) is 0 Å². The number of benzene rings is 2. The average Bonchev–Trinajstić information content (AvgIpc) is 2.52. The van der Waals surface area contributed by atoms with E-state index in [9.17, 15) is 0 Å². The molecule has 0 aliphatic heterocycles. The van der Waals surface area contributed by atoms with E-state index in [1.54, 1.807) is 14.2 Å². The molecule has 4 heteroatoms. The number of hydrogen-bond acceptors (Lipinski definition) is 4. The van der Waals surface area contributed by atoms with E-state index < -0.39 is 0 Å². The van der Waals surface area contributed by atoms with Crippen molar-refractivity contribution in [2.24, 2.45) is 5.73 Å². The van der Waals surface area contributed by atoms with Gasteiger partial charge in [0.05, 0.1) is 14.2 Å². The minimum atomic E-state index is 0.435. The number of nitrogens with two attached hydrogens (primary N) is 1. The van der Waals surface area contributed by atoms with Gasteiger partial charge in [0.25, 0.3) is 0 Å². The first-order chi connectivity index (χ1) is 9.78. The van der Waals surface area contributed by atoms with Crippen LogP contribution in [0.1, 0.15) is 11.1 Å². The highest BCUT2D eigenvalue weighted by Gasteiger charge is 2.11. The Morgan fingerprint density at radius 2 is 1.50 bits per heavy atom. The van der Waals surface area contributed by atoms with Crippen molar-refractivity contribution >= 4 is 0 Å².